The largest absolute Gasteiger partial charge is 0.384 e. The second kappa shape index (κ2) is 4.76. The molecule has 0 saturated carbocycles. The Bertz CT molecular complexity index is 243. The summed E-state index contributed by atoms with van der Waals surface area (Å²) in [5, 5.41) is 0. The zero-order valence-electron chi connectivity index (χ0n) is 9.54. The summed E-state index contributed by atoms with van der Waals surface area (Å²) in [6.45, 7) is 5.90. The van der Waals surface area contributed by atoms with E-state index in [4.69, 9.17) is 9.47 Å². The highest BCUT2D eigenvalue weighted by molar-refractivity contribution is 5.28. The highest BCUT2D eigenvalue weighted by Gasteiger charge is 2.29. The number of ether oxygens (including phenoxy) is 2. The van der Waals surface area contributed by atoms with Crippen LogP contribution in [0.1, 0.15) is 13.8 Å². The minimum atomic E-state index is 0.131. The van der Waals surface area contributed by atoms with Crippen LogP contribution < -0.4 is 0 Å². The van der Waals surface area contributed by atoms with Crippen molar-refractivity contribution in [2.75, 3.05) is 27.4 Å². The molecule has 0 heterocycles. The number of methoxy groups -OCH3 is 2. The molecule has 14 heavy (non-hydrogen) atoms. The van der Waals surface area contributed by atoms with Crippen LogP contribution in [0.3, 0.4) is 0 Å². The van der Waals surface area contributed by atoms with Gasteiger partial charge in [-0.3, -0.25) is 0 Å². The van der Waals surface area contributed by atoms with Gasteiger partial charge in [0.2, 0.25) is 0 Å². The van der Waals surface area contributed by atoms with E-state index in [2.05, 4.69) is 32.1 Å². The van der Waals surface area contributed by atoms with Crippen molar-refractivity contribution in [2.24, 2.45) is 11.3 Å². The van der Waals surface area contributed by atoms with Crippen molar-refractivity contribution >= 4 is 0 Å². The van der Waals surface area contributed by atoms with Gasteiger partial charge in [-0.15, -0.1) is 0 Å². The number of rotatable bonds is 4. The molecule has 2 nitrogen and oxygen atoms in total. The molecule has 0 aromatic heterocycles. The minimum Gasteiger partial charge on any atom is -0.384 e. The van der Waals surface area contributed by atoms with Gasteiger partial charge in [0.25, 0.3) is 0 Å². The molecule has 0 aromatic rings. The molecule has 2 heteroatoms. The first-order chi connectivity index (χ1) is 6.62. The summed E-state index contributed by atoms with van der Waals surface area (Å²) < 4.78 is 10.3. The van der Waals surface area contributed by atoms with E-state index in [0.29, 0.717) is 12.5 Å². The van der Waals surface area contributed by atoms with Crippen LogP contribution in [0.4, 0.5) is 0 Å². The van der Waals surface area contributed by atoms with E-state index in [1.165, 1.54) is 5.57 Å². The lowest BCUT2D eigenvalue weighted by Crippen LogP contribution is -2.29. The van der Waals surface area contributed by atoms with Crippen LogP contribution in [0, 0.1) is 11.3 Å². The Morgan fingerprint density at radius 3 is 2.57 bits per heavy atom. The Labute approximate surface area is 86.6 Å². The Morgan fingerprint density at radius 1 is 1.36 bits per heavy atom. The molecule has 0 N–H and O–H groups in total. The van der Waals surface area contributed by atoms with Gasteiger partial charge in [-0.1, -0.05) is 32.1 Å². The molecule has 0 aliphatic heterocycles. The van der Waals surface area contributed by atoms with Gasteiger partial charge in [0.1, 0.15) is 0 Å². The maximum atomic E-state index is 5.24. The van der Waals surface area contributed by atoms with E-state index in [-0.39, 0.29) is 5.41 Å². The molecular formula is C12H20O2. The molecular weight excluding hydrogens is 176 g/mol. The molecule has 80 valence electrons. The molecule has 1 aliphatic carbocycles. The molecule has 0 amide bonds. The average Bonchev–Trinajstić information content (AvgIpc) is 2.13. The van der Waals surface area contributed by atoms with Crippen molar-refractivity contribution in [3.63, 3.8) is 0 Å². The van der Waals surface area contributed by atoms with Gasteiger partial charge in [-0.2, -0.15) is 0 Å². The second-order valence-corrected chi connectivity index (χ2v) is 4.24. The number of allylic oxidation sites excluding steroid dienone is 1. The zero-order valence-corrected chi connectivity index (χ0v) is 9.54. The lowest BCUT2D eigenvalue weighted by atomic mass is 9.74. The molecule has 2 atom stereocenters. The summed E-state index contributed by atoms with van der Waals surface area (Å²) in [5.74, 6) is 0.498. The summed E-state index contributed by atoms with van der Waals surface area (Å²) in [5.41, 5.74) is 1.39. The van der Waals surface area contributed by atoms with Crippen molar-refractivity contribution in [1.29, 1.82) is 0 Å². The lowest BCUT2D eigenvalue weighted by Gasteiger charge is -2.33. The Kier molecular flexibility index (Phi) is 3.90. The zero-order chi connectivity index (χ0) is 10.6. The van der Waals surface area contributed by atoms with Crippen LogP contribution in [0.2, 0.25) is 0 Å². The van der Waals surface area contributed by atoms with E-state index in [9.17, 15) is 0 Å². The lowest BCUT2D eigenvalue weighted by molar-refractivity contribution is 0.0982. The van der Waals surface area contributed by atoms with Gasteiger partial charge in [0.15, 0.2) is 0 Å². The van der Waals surface area contributed by atoms with Crippen LogP contribution in [-0.2, 0) is 9.47 Å². The van der Waals surface area contributed by atoms with Crippen LogP contribution in [-0.4, -0.2) is 27.4 Å². The van der Waals surface area contributed by atoms with E-state index >= 15 is 0 Å². The molecule has 1 rings (SSSR count). The minimum absolute atomic E-state index is 0.131. The van der Waals surface area contributed by atoms with Gasteiger partial charge in [-0.05, 0) is 11.5 Å². The molecule has 1 aliphatic rings. The van der Waals surface area contributed by atoms with E-state index < -0.39 is 0 Å². The summed E-state index contributed by atoms with van der Waals surface area (Å²) in [4.78, 5) is 0. The standard InChI is InChI=1S/C12H20O2/c1-10-7-11(8-13-3)5-6-12(10,2)9-14-4/h5-7,10H,8-9H2,1-4H3. The van der Waals surface area contributed by atoms with Gasteiger partial charge in [-0.25, -0.2) is 0 Å². The Hall–Kier alpha value is -0.600. The number of hydrogen-bond donors (Lipinski definition) is 0. The van der Waals surface area contributed by atoms with Crippen LogP contribution in [0.5, 0.6) is 0 Å². The molecule has 0 spiro atoms. The highest BCUT2D eigenvalue weighted by atomic mass is 16.5. The van der Waals surface area contributed by atoms with Crippen LogP contribution in [0.15, 0.2) is 23.8 Å². The SMILES string of the molecule is COCC1=CC(C)C(C)(COC)C=C1. The fourth-order valence-corrected chi connectivity index (χ4v) is 1.77. The third-order valence-corrected chi connectivity index (χ3v) is 2.95. The molecule has 0 saturated heterocycles. The second-order valence-electron chi connectivity index (χ2n) is 4.24. The van der Waals surface area contributed by atoms with E-state index in [0.717, 1.165) is 6.61 Å². The fourth-order valence-electron chi connectivity index (χ4n) is 1.77. The monoisotopic (exact) mass is 196 g/mol. The van der Waals surface area contributed by atoms with Crippen LogP contribution >= 0.6 is 0 Å². The highest BCUT2D eigenvalue weighted by Crippen LogP contribution is 2.34. The first-order valence-corrected chi connectivity index (χ1v) is 5.00. The predicted molar refractivity (Wildman–Crippen MR) is 58.2 cm³/mol. The molecule has 2 unspecified atom stereocenters. The van der Waals surface area contributed by atoms with Crippen molar-refractivity contribution < 1.29 is 9.47 Å². The van der Waals surface area contributed by atoms with Crippen molar-refractivity contribution in [2.45, 2.75) is 13.8 Å². The normalized spacial score (nSPS) is 31.7. The maximum Gasteiger partial charge on any atom is 0.0710 e. The number of hydrogen-bond acceptors (Lipinski definition) is 2. The summed E-state index contributed by atoms with van der Waals surface area (Å²) in [6, 6.07) is 0. The Morgan fingerprint density at radius 2 is 2.07 bits per heavy atom. The van der Waals surface area contributed by atoms with E-state index in [1.807, 2.05) is 0 Å². The summed E-state index contributed by atoms with van der Waals surface area (Å²) in [7, 11) is 3.47. The predicted octanol–water partition coefficient (Wildman–Crippen LogP) is 2.42. The summed E-state index contributed by atoms with van der Waals surface area (Å²) >= 11 is 0. The fraction of sp³-hybridized carbons (Fsp3) is 0.667. The molecule has 0 aromatic carbocycles. The average molecular weight is 196 g/mol. The first-order valence-electron chi connectivity index (χ1n) is 5.00. The Balaban J connectivity index is 2.69. The topological polar surface area (TPSA) is 18.5 Å². The molecule has 0 fully saturated rings. The van der Waals surface area contributed by atoms with Crippen molar-refractivity contribution in [3.05, 3.63) is 23.8 Å². The van der Waals surface area contributed by atoms with E-state index in [1.54, 1.807) is 14.2 Å². The van der Waals surface area contributed by atoms with Gasteiger partial charge >= 0.3 is 0 Å². The van der Waals surface area contributed by atoms with Gasteiger partial charge in [0.05, 0.1) is 13.2 Å². The molecule has 0 bridgehead atoms. The third kappa shape index (κ3) is 2.46. The molecule has 0 radical (unpaired) electrons. The van der Waals surface area contributed by atoms with Crippen LogP contribution in [0.25, 0.3) is 0 Å². The summed E-state index contributed by atoms with van der Waals surface area (Å²) in [6.07, 6.45) is 6.64. The van der Waals surface area contributed by atoms with Crippen molar-refractivity contribution in [3.8, 4) is 0 Å². The van der Waals surface area contributed by atoms with Gasteiger partial charge < -0.3 is 9.47 Å². The van der Waals surface area contributed by atoms with Crippen molar-refractivity contribution in [1.82, 2.24) is 0 Å². The first kappa shape index (κ1) is 11.5. The third-order valence-electron chi connectivity index (χ3n) is 2.95. The maximum absolute atomic E-state index is 5.24. The quantitative estimate of drug-likeness (QED) is 0.687. The van der Waals surface area contributed by atoms with Gasteiger partial charge in [0, 0.05) is 19.6 Å². The smallest absolute Gasteiger partial charge is 0.0710 e.